The minimum atomic E-state index is -0.204. The standard InChI is InChI=1S/C16H27N3O2/c1-12(2)15-17-9-11-19(15)10-3-8-18-16(21)13-4-6-14(20)7-5-13/h9,11-14,20H,3-8,10H2,1-2H3,(H,18,21). The van der Waals surface area contributed by atoms with E-state index in [4.69, 9.17) is 0 Å². The fraction of sp³-hybridized carbons (Fsp3) is 0.750. The Bertz CT molecular complexity index is 448. The van der Waals surface area contributed by atoms with Crippen molar-refractivity contribution in [3.05, 3.63) is 18.2 Å². The first-order chi connectivity index (χ1) is 10.1. The molecule has 0 unspecified atom stereocenters. The molecule has 0 aromatic carbocycles. The number of carbonyl (C=O) groups is 1. The van der Waals surface area contributed by atoms with Crippen molar-refractivity contribution < 1.29 is 9.90 Å². The van der Waals surface area contributed by atoms with Gasteiger partial charge in [-0.05, 0) is 32.1 Å². The van der Waals surface area contributed by atoms with E-state index in [0.717, 1.165) is 44.5 Å². The average Bonchev–Trinajstić information content (AvgIpc) is 2.92. The van der Waals surface area contributed by atoms with Gasteiger partial charge in [0.2, 0.25) is 5.91 Å². The lowest BCUT2D eigenvalue weighted by atomic mass is 9.87. The molecule has 1 heterocycles. The fourth-order valence-corrected chi connectivity index (χ4v) is 2.95. The van der Waals surface area contributed by atoms with Gasteiger partial charge in [0.25, 0.3) is 0 Å². The third kappa shape index (κ3) is 4.56. The van der Waals surface area contributed by atoms with Crippen molar-refractivity contribution in [2.75, 3.05) is 6.54 Å². The molecule has 1 fully saturated rings. The first kappa shape index (κ1) is 16.0. The van der Waals surface area contributed by atoms with Crippen LogP contribution >= 0.6 is 0 Å². The molecule has 0 radical (unpaired) electrons. The van der Waals surface area contributed by atoms with Crippen LogP contribution in [0.15, 0.2) is 12.4 Å². The Kier molecular flexibility index (Phi) is 5.79. The molecule has 0 bridgehead atoms. The lowest BCUT2D eigenvalue weighted by molar-refractivity contribution is -0.126. The Hall–Kier alpha value is -1.36. The second-order valence-corrected chi connectivity index (χ2v) is 6.28. The van der Waals surface area contributed by atoms with E-state index in [0.29, 0.717) is 12.5 Å². The largest absolute Gasteiger partial charge is 0.393 e. The lowest BCUT2D eigenvalue weighted by Gasteiger charge is -2.24. The quantitative estimate of drug-likeness (QED) is 0.789. The maximum atomic E-state index is 12.0. The highest BCUT2D eigenvalue weighted by molar-refractivity contribution is 5.78. The van der Waals surface area contributed by atoms with Crippen LogP contribution < -0.4 is 5.32 Å². The van der Waals surface area contributed by atoms with Crippen molar-refractivity contribution in [2.24, 2.45) is 5.92 Å². The number of hydrogen-bond acceptors (Lipinski definition) is 3. The third-order valence-electron chi connectivity index (χ3n) is 4.21. The summed E-state index contributed by atoms with van der Waals surface area (Å²) in [7, 11) is 0. The van der Waals surface area contributed by atoms with Gasteiger partial charge in [-0.25, -0.2) is 4.98 Å². The topological polar surface area (TPSA) is 67.2 Å². The van der Waals surface area contributed by atoms with Crippen molar-refractivity contribution in [2.45, 2.75) is 64.5 Å². The third-order valence-corrected chi connectivity index (χ3v) is 4.21. The summed E-state index contributed by atoms with van der Waals surface area (Å²) >= 11 is 0. The zero-order valence-corrected chi connectivity index (χ0v) is 13.1. The van der Waals surface area contributed by atoms with Gasteiger partial charge in [0.1, 0.15) is 5.82 Å². The van der Waals surface area contributed by atoms with Crippen molar-refractivity contribution in [1.82, 2.24) is 14.9 Å². The summed E-state index contributed by atoms with van der Waals surface area (Å²) in [6, 6.07) is 0. The summed E-state index contributed by atoms with van der Waals surface area (Å²) in [5, 5.41) is 12.5. The maximum Gasteiger partial charge on any atom is 0.223 e. The minimum Gasteiger partial charge on any atom is -0.393 e. The molecule has 1 aliphatic rings. The van der Waals surface area contributed by atoms with Crippen molar-refractivity contribution in [3.8, 4) is 0 Å². The number of nitrogens with zero attached hydrogens (tertiary/aromatic N) is 2. The van der Waals surface area contributed by atoms with Crippen LogP contribution in [0.3, 0.4) is 0 Å². The molecule has 0 saturated heterocycles. The molecule has 0 aliphatic heterocycles. The Morgan fingerprint density at radius 2 is 2.14 bits per heavy atom. The molecule has 2 N–H and O–H groups in total. The van der Waals surface area contributed by atoms with Gasteiger partial charge in [0.15, 0.2) is 0 Å². The van der Waals surface area contributed by atoms with E-state index in [9.17, 15) is 9.90 Å². The SMILES string of the molecule is CC(C)c1nccn1CCCNC(=O)C1CCC(O)CC1. The Morgan fingerprint density at radius 1 is 1.43 bits per heavy atom. The molecule has 1 amide bonds. The number of imidazole rings is 1. The number of hydrogen-bond donors (Lipinski definition) is 2. The minimum absolute atomic E-state index is 0.0906. The molecule has 5 nitrogen and oxygen atoms in total. The van der Waals surface area contributed by atoms with Gasteiger partial charge in [0.05, 0.1) is 6.10 Å². The lowest BCUT2D eigenvalue weighted by Crippen LogP contribution is -2.34. The van der Waals surface area contributed by atoms with E-state index in [2.05, 4.69) is 28.7 Å². The van der Waals surface area contributed by atoms with E-state index in [1.54, 1.807) is 0 Å². The van der Waals surface area contributed by atoms with E-state index >= 15 is 0 Å². The summed E-state index contributed by atoms with van der Waals surface area (Å²) in [5.74, 6) is 1.76. The van der Waals surface area contributed by atoms with E-state index in [1.807, 2.05) is 12.4 Å². The van der Waals surface area contributed by atoms with Crippen LogP contribution in [-0.4, -0.2) is 33.2 Å². The van der Waals surface area contributed by atoms with Gasteiger partial charge >= 0.3 is 0 Å². The Labute approximate surface area is 126 Å². The highest BCUT2D eigenvalue weighted by Crippen LogP contribution is 2.24. The number of carbonyl (C=O) groups excluding carboxylic acids is 1. The molecule has 1 aromatic rings. The molecule has 1 aliphatic carbocycles. The summed E-state index contributed by atoms with van der Waals surface area (Å²) in [6.45, 7) is 5.86. The van der Waals surface area contributed by atoms with Crippen LogP contribution in [0, 0.1) is 5.92 Å². The zero-order chi connectivity index (χ0) is 15.2. The number of aromatic nitrogens is 2. The second-order valence-electron chi connectivity index (χ2n) is 6.28. The van der Waals surface area contributed by atoms with Gasteiger partial charge in [-0.2, -0.15) is 0 Å². The molecule has 5 heteroatoms. The molecule has 21 heavy (non-hydrogen) atoms. The van der Waals surface area contributed by atoms with Crippen molar-refractivity contribution in [3.63, 3.8) is 0 Å². The number of aliphatic hydroxyl groups excluding tert-OH is 1. The van der Waals surface area contributed by atoms with Crippen molar-refractivity contribution in [1.29, 1.82) is 0 Å². The van der Waals surface area contributed by atoms with Crippen LogP contribution in [0.2, 0.25) is 0 Å². The monoisotopic (exact) mass is 293 g/mol. The molecule has 1 saturated carbocycles. The Morgan fingerprint density at radius 3 is 2.81 bits per heavy atom. The van der Waals surface area contributed by atoms with Gasteiger partial charge in [0, 0.05) is 37.3 Å². The number of rotatable bonds is 6. The molecule has 118 valence electrons. The first-order valence-electron chi connectivity index (χ1n) is 8.04. The maximum absolute atomic E-state index is 12.0. The van der Waals surface area contributed by atoms with E-state index < -0.39 is 0 Å². The summed E-state index contributed by atoms with van der Waals surface area (Å²) in [4.78, 5) is 16.4. The van der Waals surface area contributed by atoms with Crippen molar-refractivity contribution >= 4 is 5.91 Å². The molecular formula is C16H27N3O2. The van der Waals surface area contributed by atoms with Crippen LogP contribution in [0.5, 0.6) is 0 Å². The van der Waals surface area contributed by atoms with Gasteiger partial charge in [-0.1, -0.05) is 13.8 Å². The smallest absolute Gasteiger partial charge is 0.223 e. The highest BCUT2D eigenvalue weighted by atomic mass is 16.3. The number of nitrogens with one attached hydrogen (secondary N) is 1. The highest BCUT2D eigenvalue weighted by Gasteiger charge is 2.24. The number of amides is 1. The van der Waals surface area contributed by atoms with Gasteiger partial charge < -0.3 is 15.0 Å². The average molecular weight is 293 g/mol. The predicted molar refractivity (Wildman–Crippen MR) is 81.9 cm³/mol. The zero-order valence-electron chi connectivity index (χ0n) is 13.1. The molecule has 2 rings (SSSR count). The summed E-state index contributed by atoms with van der Waals surface area (Å²) in [5.41, 5.74) is 0. The normalized spacial score (nSPS) is 22.5. The van der Waals surface area contributed by atoms with E-state index in [-0.39, 0.29) is 17.9 Å². The van der Waals surface area contributed by atoms with E-state index in [1.165, 1.54) is 0 Å². The Balaban J connectivity index is 1.67. The molecule has 1 aromatic heterocycles. The second kappa shape index (κ2) is 7.59. The van der Waals surface area contributed by atoms with Crippen LogP contribution in [0.4, 0.5) is 0 Å². The van der Waals surface area contributed by atoms with Crippen LogP contribution in [0.25, 0.3) is 0 Å². The predicted octanol–water partition coefficient (Wildman–Crippen LogP) is 2.06. The summed E-state index contributed by atoms with van der Waals surface area (Å²) in [6.07, 6.45) is 7.68. The number of aliphatic hydroxyl groups is 1. The fourth-order valence-electron chi connectivity index (χ4n) is 2.95. The molecular weight excluding hydrogens is 266 g/mol. The van der Waals surface area contributed by atoms with Gasteiger partial charge in [-0.15, -0.1) is 0 Å². The van der Waals surface area contributed by atoms with Crippen LogP contribution in [0.1, 0.15) is 57.7 Å². The number of aryl methyl sites for hydroxylation is 1. The summed E-state index contributed by atoms with van der Waals surface area (Å²) < 4.78 is 2.16. The first-order valence-corrected chi connectivity index (χ1v) is 8.04. The van der Waals surface area contributed by atoms with Crippen LogP contribution in [-0.2, 0) is 11.3 Å². The van der Waals surface area contributed by atoms with Gasteiger partial charge in [-0.3, -0.25) is 4.79 Å². The molecule has 0 spiro atoms. The molecule has 0 atom stereocenters.